The molecule has 16 heavy (non-hydrogen) atoms. The van der Waals surface area contributed by atoms with E-state index in [2.05, 4.69) is 0 Å². The van der Waals surface area contributed by atoms with E-state index in [0.29, 0.717) is 16.4 Å². The van der Waals surface area contributed by atoms with Gasteiger partial charge in [-0.3, -0.25) is 0 Å². The van der Waals surface area contributed by atoms with Crippen molar-refractivity contribution in [3.63, 3.8) is 0 Å². The number of carbonyl (C=O) groups is 1. The summed E-state index contributed by atoms with van der Waals surface area (Å²) in [6, 6.07) is 0. The van der Waals surface area contributed by atoms with Crippen molar-refractivity contribution in [3.8, 4) is 0 Å². The normalized spacial score (nSPS) is 44.4. The van der Waals surface area contributed by atoms with E-state index in [9.17, 15) is 4.79 Å². The monoisotopic (exact) mass is 336 g/mol. The summed E-state index contributed by atoms with van der Waals surface area (Å²) >= 11 is 2.02. The first-order valence-electron chi connectivity index (χ1n) is 6.15. The summed E-state index contributed by atoms with van der Waals surface area (Å²) in [7, 11) is 0. The highest BCUT2D eigenvalue weighted by Gasteiger charge is 2.50. The number of alkyl halides is 1. The third-order valence-corrected chi connectivity index (χ3v) is 4.86. The van der Waals surface area contributed by atoms with Crippen LogP contribution in [0.3, 0.4) is 0 Å². The van der Waals surface area contributed by atoms with Crippen LogP contribution in [0.15, 0.2) is 0 Å². The molecule has 0 atom stereocenters. The molecule has 0 N–H and O–H groups in total. The summed E-state index contributed by atoms with van der Waals surface area (Å²) in [5, 5.41) is 0. The van der Waals surface area contributed by atoms with E-state index in [0.717, 1.165) is 11.8 Å². The summed E-state index contributed by atoms with van der Waals surface area (Å²) in [6.07, 6.45) is 6.21. The fourth-order valence-corrected chi connectivity index (χ4v) is 4.51. The molecule has 4 saturated carbocycles. The minimum Gasteiger partial charge on any atom is -0.430 e. The Labute approximate surface area is 109 Å². The van der Waals surface area contributed by atoms with Gasteiger partial charge in [-0.15, -0.1) is 0 Å². The topological polar surface area (TPSA) is 35.5 Å². The second-order valence-electron chi connectivity index (χ2n) is 5.52. The Morgan fingerprint density at radius 1 is 1.06 bits per heavy atom. The summed E-state index contributed by atoms with van der Waals surface area (Å²) in [5.74, 6) is 3.09. The maximum Gasteiger partial charge on any atom is 0.509 e. The lowest BCUT2D eigenvalue weighted by atomic mass is 9.55. The molecule has 0 aromatic heterocycles. The van der Waals surface area contributed by atoms with Gasteiger partial charge in [-0.1, -0.05) is 0 Å². The molecule has 0 heterocycles. The zero-order chi connectivity index (χ0) is 11.1. The lowest BCUT2D eigenvalue weighted by Gasteiger charge is -2.53. The highest BCUT2D eigenvalue weighted by molar-refractivity contribution is 14.1. The molecule has 4 aliphatic rings. The zero-order valence-corrected chi connectivity index (χ0v) is 11.4. The van der Waals surface area contributed by atoms with E-state index in [-0.39, 0.29) is 6.10 Å². The van der Waals surface area contributed by atoms with E-state index in [1.807, 2.05) is 22.6 Å². The number of carbonyl (C=O) groups excluding carboxylic acids is 1. The van der Waals surface area contributed by atoms with Crippen molar-refractivity contribution in [1.29, 1.82) is 0 Å². The van der Waals surface area contributed by atoms with E-state index in [1.54, 1.807) is 0 Å². The first-order valence-corrected chi connectivity index (χ1v) is 7.68. The number of rotatable bonds is 2. The second-order valence-corrected chi connectivity index (χ2v) is 6.14. The Bertz CT molecular complexity index is 264. The molecule has 0 aliphatic heterocycles. The highest BCUT2D eigenvalue weighted by Crippen LogP contribution is 2.54. The Morgan fingerprint density at radius 2 is 1.62 bits per heavy atom. The van der Waals surface area contributed by atoms with Gasteiger partial charge in [0.2, 0.25) is 0 Å². The van der Waals surface area contributed by atoms with Crippen molar-refractivity contribution in [2.75, 3.05) is 4.61 Å². The summed E-state index contributed by atoms with van der Waals surface area (Å²) in [6.45, 7) is 0. The van der Waals surface area contributed by atoms with Crippen LogP contribution in [-0.2, 0) is 9.47 Å². The fraction of sp³-hybridized carbons (Fsp3) is 0.917. The van der Waals surface area contributed by atoms with Gasteiger partial charge in [-0.2, -0.15) is 0 Å². The van der Waals surface area contributed by atoms with Gasteiger partial charge in [0.1, 0.15) is 10.7 Å². The Balaban J connectivity index is 1.65. The van der Waals surface area contributed by atoms with E-state index in [4.69, 9.17) is 9.47 Å². The fourth-order valence-electron chi connectivity index (χ4n) is 4.26. The smallest absolute Gasteiger partial charge is 0.430 e. The third-order valence-electron chi connectivity index (χ3n) is 4.54. The van der Waals surface area contributed by atoms with E-state index >= 15 is 0 Å². The van der Waals surface area contributed by atoms with Gasteiger partial charge >= 0.3 is 6.16 Å². The molecular formula is C12H17IO3. The molecule has 3 nitrogen and oxygen atoms in total. The number of hydrogen-bond donors (Lipinski definition) is 0. The molecule has 4 fully saturated rings. The van der Waals surface area contributed by atoms with Crippen LogP contribution in [-0.4, -0.2) is 16.9 Å². The molecule has 0 saturated heterocycles. The summed E-state index contributed by atoms with van der Waals surface area (Å²) in [5.41, 5.74) is 0. The molecular weight excluding hydrogens is 319 g/mol. The first-order chi connectivity index (χ1) is 7.76. The maximum absolute atomic E-state index is 11.4. The van der Waals surface area contributed by atoms with Crippen LogP contribution in [0, 0.1) is 23.7 Å². The molecule has 0 aromatic carbocycles. The van der Waals surface area contributed by atoms with Gasteiger partial charge in [-0.25, -0.2) is 4.79 Å². The molecule has 4 heteroatoms. The predicted octanol–water partition coefficient (Wildman–Crippen LogP) is 3.36. The number of halogens is 1. The molecule has 4 rings (SSSR count). The van der Waals surface area contributed by atoms with Gasteiger partial charge in [0.05, 0.1) is 0 Å². The minimum atomic E-state index is -0.466. The molecule has 4 bridgehead atoms. The third kappa shape index (κ3) is 1.93. The van der Waals surface area contributed by atoms with Gasteiger partial charge in [0.25, 0.3) is 0 Å². The first kappa shape index (κ1) is 11.1. The van der Waals surface area contributed by atoms with Gasteiger partial charge < -0.3 is 9.47 Å². The van der Waals surface area contributed by atoms with Gasteiger partial charge in [-0.05, 0) is 78.4 Å². The quantitative estimate of drug-likeness (QED) is 0.441. The maximum atomic E-state index is 11.4. The average molecular weight is 336 g/mol. The second kappa shape index (κ2) is 4.35. The van der Waals surface area contributed by atoms with Crippen molar-refractivity contribution in [3.05, 3.63) is 0 Å². The van der Waals surface area contributed by atoms with Crippen molar-refractivity contribution in [2.45, 2.75) is 38.2 Å². The van der Waals surface area contributed by atoms with Gasteiger partial charge in [0.15, 0.2) is 0 Å². The van der Waals surface area contributed by atoms with Gasteiger partial charge in [0, 0.05) is 0 Å². The van der Waals surface area contributed by atoms with Crippen molar-refractivity contribution >= 4 is 28.7 Å². The summed E-state index contributed by atoms with van der Waals surface area (Å²) < 4.78 is 10.8. The van der Waals surface area contributed by atoms with E-state index in [1.165, 1.54) is 32.1 Å². The minimum absolute atomic E-state index is 0.156. The van der Waals surface area contributed by atoms with Crippen molar-refractivity contribution in [2.24, 2.45) is 23.7 Å². The Morgan fingerprint density at radius 3 is 2.12 bits per heavy atom. The van der Waals surface area contributed by atoms with E-state index < -0.39 is 6.16 Å². The average Bonchev–Trinajstić information content (AvgIpc) is 2.23. The molecule has 4 aliphatic carbocycles. The molecule has 0 unspecified atom stereocenters. The SMILES string of the molecule is O=C(OCI)OC1C2CC3CC(C2)CC1C3. The summed E-state index contributed by atoms with van der Waals surface area (Å²) in [4.78, 5) is 11.4. The lowest BCUT2D eigenvalue weighted by molar-refractivity contribution is -0.109. The van der Waals surface area contributed by atoms with Crippen molar-refractivity contribution in [1.82, 2.24) is 0 Å². The van der Waals surface area contributed by atoms with Crippen LogP contribution in [0.4, 0.5) is 4.79 Å². The van der Waals surface area contributed by atoms with Crippen LogP contribution >= 0.6 is 22.6 Å². The Hall–Kier alpha value is -0.0000000000000000555. The number of hydrogen-bond acceptors (Lipinski definition) is 3. The predicted molar refractivity (Wildman–Crippen MR) is 67.3 cm³/mol. The Kier molecular flexibility index (Phi) is 3.02. The van der Waals surface area contributed by atoms with Crippen LogP contribution in [0.2, 0.25) is 0 Å². The van der Waals surface area contributed by atoms with Crippen LogP contribution in [0.5, 0.6) is 0 Å². The van der Waals surface area contributed by atoms with Crippen LogP contribution in [0.25, 0.3) is 0 Å². The highest BCUT2D eigenvalue weighted by atomic mass is 127. The molecule has 90 valence electrons. The largest absolute Gasteiger partial charge is 0.509 e. The molecule has 0 amide bonds. The molecule has 0 radical (unpaired) electrons. The standard InChI is InChI=1S/C12H17IO3/c13-6-15-12(14)16-11-9-2-7-1-8(4-9)5-10(11)3-7/h7-11H,1-6H2. The lowest BCUT2D eigenvalue weighted by Crippen LogP contribution is -2.50. The van der Waals surface area contributed by atoms with Crippen LogP contribution in [0.1, 0.15) is 32.1 Å². The van der Waals surface area contributed by atoms with Crippen molar-refractivity contribution < 1.29 is 14.3 Å². The molecule has 0 aromatic rings. The van der Waals surface area contributed by atoms with Crippen LogP contribution < -0.4 is 0 Å². The number of ether oxygens (including phenoxy) is 2. The molecule has 0 spiro atoms. The zero-order valence-electron chi connectivity index (χ0n) is 9.23.